The number of benzene rings is 2. The first-order chi connectivity index (χ1) is 25.1. The van der Waals surface area contributed by atoms with Crippen molar-refractivity contribution in [3.05, 3.63) is 112 Å². The largest absolute Gasteiger partial charge is 0.748 e. The second-order valence-electron chi connectivity index (χ2n) is 14.4. The van der Waals surface area contributed by atoms with Crippen LogP contribution in [0.25, 0.3) is 0 Å². The maximum Gasteiger partial charge on any atom is 0.308 e. The average molecular weight is 797 g/mol. The Morgan fingerprint density at radius 3 is 2.28 bits per heavy atom. The summed E-state index contributed by atoms with van der Waals surface area (Å²) >= 11 is 0. The summed E-state index contributed by atoms with van der Waals surface area (Å²) < 4.78 is 112. The first kappa shape index (κ1) is 39.5. The highest BCUT2D eigenvalue weighted by Gasteiger charge is 2.54. The van der Waals surface area contributed by atoms with Crippen molar-refractivity contribution >= 4 is 53.4 Å². The molecule has 2 aliphatic carbocycles. The lowest BCUT2D eigenvalue weighted by molar-refractivity contribution is -0.432. The highest BCUT2D eigenvalue weighted by Crippen LogP contribution is 2.56. The van der Waals surface area contributed by atoms with Crippen LogP contribution in [0.3, 0.4) is 0 Å². The third-order valence-electron chi connectivity index (χ3n) is 10.7. The summed E-state index contributed by atoms with van der Waals surface area (Å²) in [5.74, 6) is -1.59. The third kappa shape index (κ3) is 7.81. The van der Waals surface area contributed by atoms with Crippen LogP contribution in [0.5, 0.6) is 0 Å². The highest BCUT2D eigenvalue weighted by atomic mass is 32.2. The molecule has 2 aliphatic heterocycles. The van der Waals surface area contributed by atoms with Gasteiger partial charge in [0.2, 0.25) is 5.69 Å². The second kappa shape index (κ2) is 14.1. The summed E-state index contributed by atoms with van der Waals surface area (Å²) in [6.45, 7) is 7.09. The van der Waals surface area contributed by atoms with Crippen molar-refractivity contribution in [1.82, 2.24) is 0 Å². The standard InChI is InChI=1S/C38H42N2O11S3/c1-25-11-13-33-31(23-25)37(3)17-15-27(35(37)39(33)19-21-52(42,43)44)7-5-9-29(51-26(2)41)10-6-8-28-16-18-38(4)32-24-30(54(48,49)50)12-14-34(32)40(36(28)38)20-22-53(45,46)47/h5-14,23-24H,15-22H2,1-4H3,(H2-,42,43,44,45,46,47,48,49,50)/p-2. The minimum atomic E-state index is -4.77. The molecule has 0 N–H and O–H groups in total. The number of fused-ring (bicyclic) bond motifs is 6. The quantitative estimate of drug-likeness (QED) is 0.0961. The smallest absolute Gasteiger partial charge is 0.308 e. The van der Waals surface area contributed by atoms with Crippen molar-refractivity contribution in [1.29, 1.82) is 0 Å². The summed E-state index contributed by atoms with van der Waals surface area (Å²) in [7, 11) is -13.8. The Labute approximate surface area is 316 Å². The molecule has 13 nitrogen and oxygen atoms in total. The summed E-state index contributed by atoms with van der Waals surface area (Å²) in [4.78, 5) is 13.6. The van der Waals surface area contributed by atoms with Crippen LogP contribution in [0.1, 0.15) is 63.1 Å². The number of ether oxygens (including phenoxy) is 1. The molecular weight excluding hydrogens is 757 g/mol. The number of allylic oxidation sites excluding steroid dienone is 9. The second-order valence-corrected chi connectivity index (χ2v) is 18.9. The fraction of sp³-hybridized carbons (Fsp3) is 0.368. The van der Waals surface area contributed by atoms with Crippen LogP contribution in [-0.4, -0.2) is 79.8 Å². The van der Waals surface area contributed by atoms with Gasteiger partial charge in [0, 0.05) is 47.5 Å². The lowest BCUT2D eigenvalue weighted by Gasteiger charge is -2.27. The van der Waals surface area contributed by atoms with E-state index in [1.165, 1.54) is 25.1 Å². The van der Waals surface area contributed by atoms with Gasteiger partial charge in [-0.2, -0.15) is 4.58 Å². The van der Waals surface area contributed by atoms with Crippen molar-refractivity contribution in [3.8, 4) is 0 Å². The van der Waals surface area contributed by atoms with E-state index in [0.717, 1.165) is 40.1 Å². The molecule has 2 aromatic rings. The molecule has 0 spiro atoms. The van der Waals surface area contributed by atoms with Gasteiger partial charge < -0.3 is 23.3 Å². The molecule has 288 valence electrons. The zero-order valence-corrected chi connectivity index (χ0v) is 32.6. The molecular formula is C38H40N2O11S3-2. The molecule has 0 bridgehead atoms. The molecule has 0 amide bonds. The van der Waals surface area contributed by atoms with Crippen LogP contribution in [-0.2, 0) is 50.7 Å². The van der Waals surface area contributed by atoms with Gasteiger partial charge in [-0.3, -0.25) is 4.79 Å². The number of nitrogens with zero attached hydrogens (tertiary/aromatic N) is 2. The first-order valence-electron chi connectivity index (χ1n) is 17.3. The van der Waals surface area contributed by atoms with E-state index in [-0.39, 0.29) is 24.3 Å². The SMILES string of the molecule is CC(=O)OC(=C\C=C\C1=C2N(CCS(=O)(=O)[O-])c3ccc(C)cc3C2(C)CC1)/C=C/C=C1\CCC2(C)C1=[N+](CCS(=O)(=O)[O-])c1ccc(S(=O)(=O)[O-])cc12. The zero-order valence-electron chi connectivity index (χ0n) is 30.2. The minimum Gasteiger partial charge on any atom is -0.748 e. The summed E-state index contributed by atoms with van der Waals surface area (Å²) in [5.41, 5.74) is 6.27. The van der Waals surface area contributed by atoms with E-state index in [9.17, 15) is 43.7 Å². The van der Waals surface area contributed by atoms with Crippen LogP contribution >= 0.6 is 0 Å². The Bertz CT molecular complexity index is 2480. The number of carbonyl (C=O) groups excluding carboxylic acids is 1. The van der Waals surface area contributed by atoms with Gasteiger partial charge in [0.25, 0.3) is 0 Å². The van der Waals surface area contributed by atoms with Crippen molar-refractivity contribution in [2.75, 3.05) is 29.5 Å². The van der Waals surface area contributed by atoms with E-state index in [4.69, 9.17) is 4.74 Å². The molecule has 1 fully saturated rings. The maximum absolute atomic E-state index is 12.1. The van der Waals surface area contributed by atoms with Gasteiger partial charge in [-0.15, -0.1) is 0 Å². The number of carbonyl (C=O) groups is 1. The molecule has 6 rings (SSSR count). The molecule has 0 aromatic heterocycles. The van der Waals surface area contributed by atoms with E-state index in [0.29, 0.717) is 36.2 Å². The first-order valence-corrected chi connectivity index (χ1v) is 21.9. The predicted octanol–water partition coefficient (Wildman–Crippen LogP) is 4.45. The maximum atomic E-state index is 12.1. The van der Waals surface area contributed by atoms with E-state index in [2.05, 4.69) is 13.0 Å². The van der Waals surface area contributed by atoms with E-state index in [1.54, 1.807) is 35.0 Å². The number of hydrogen-bond donors (Lipinski definition) is 0. The molecule has 2 unspecified atom stereocenters. The normalized spacial score (nSPS) is 23.6. The summed E-state index contributed by atoms with van der Waals surface area (Å²) in [6.07, 6.45) is 12.8. The molecule has 0 saturated heterocycles. The van der Waals surface area contributed by atoms with Crippen LogP contribution in [0.2, 0.25) is 0 Å². The van der Waals surface area contributed by atoms with Crippen molar-refractivity contribution in [2.24, 2.45) is 0 Å². The van der Waals surface area contributed by atoms with Gasteiger partial charge in [-0.05, 0) is 87.9 Å². The number of rotatable bonds is 12. The lowest BCUT2D eigenvalue weighted by Crippen LogP contribution is -2.30. The van der Waals surface area contributed by atoms with Gasteiger partial charge in [-0.25, -0.2) is 25.3 Å². The highest BCUT2D eigenvalue weighted by molar-refractivity contribution is 7.86. The van der Waals surface area contributed by atoms with Crippen LogP contribution in [0, 0.1) is 6.92 Å². The predicted molar refractivity (Wildman–Crippen MR) is 198 cm³/mol. The molecule has 2 aromatic carbocycles. The van der Waals surface area contributed by atoms with Gasteiger partial charge >= 0.3 is 5.97 Å². The van der Waals surface area contributed by atoms with Gasteiger partial charge in [0.15, 0.2) is 12.3 Å². The average Bonchev–Trinajstić information content (AvgIpc) is 3.71. The summed E-state index contributed by atoms with van der Waals surface area (Å²) in [6, 6.07) is 9.94. The topological polar surface area (TPSA) is 204 Å². The number of esters is 1. The van der Waals surface area contributed by atoms with Gasteiger partial charge in [-0.1, -0.05) is 42.0 Å². The Kier molecular flexibility index (Phi) is 10.3. The van der Waals surface area contributed by atoms with Crippen molar-refractivity contribution in [2.45, 2.75) is 69.1 Å². The number of hydrogen-bond acceptors (Lipinski definition) is 12. The Morgan fingerprint density at radius 1 is 0.907 bits per heavy atom. The Hall–Kier alpha value is -4.19. The number of anilines is 1. The van der Waals surface area contributed by atoms with Crippen LogP contribution in [0.4, 0.5) is 11.4 Å². The monoisotopic (exact) mass is 796 g/mol. The Balaban J connectivity index is 1.32. The fourth-order valence-electron chi connectivity index (χ4n) is 8.34. The molecule has 2 atom stereocenters. The molecule has 4 aliphatic rings. The third-order valence-corrected chi connectivity index (χ3v) is 12.9. The van der Waals surface area contributed by atoms with Gasteiger partial charge in [0.05, 0.1) is 31.9 Å². The van der Waals surface area contributed by atoms with Crippen LogP contribution < -0.4 is 4.90 Å². The zero-order chi connectivity index (χ0) is 39.4. The molecule has 0 radical (unpaired) electrons. The fourth-order valence-corrected chi connectivity index (χ4v) is 9.65. The minimum absolute atomic E-state index is 0.0161. The van der Waals surface area contributed by atoms with Crippen molar-refractivity contribution in [3.63, 3.8) is 0 Å². The molecule has 54 heavy (non-hydrogen) atoms. The van der Waals surface area contributed by atoms with Crippen LogP contribution in [0.15, 0.2) is 100 Å². The Morgan fingerprint density at radius 2 is 1.61 bits per heavy atom. The van der Waals surface area contributed by atoms with Gasteiger partial charge in [0.1, 0.15) is 26.0 Å². The lowest BCUT2D eigenvalue weighted by atomic mass is 9.81. The van der Waals surface area contributed by atoms with E-state index < -0.39 is 58.1 Å². The molecule has 16 heteroatoms. The molecule has 1 saturated carbocycles. The number of aryl methyl sites for hydroxylation is 1. The molecule has 2 heterocycles. The van der Waals surface area contributed by atoms with E-state index >= 15 is 0 Å². The van der Waals surface area contributed by atoms with Crippen molar-refractivity contribution < 1.29 is 53.0 Å². The van der Waals surface area contributed by atoms with E-state index in [1.807, 2.05) is 37.0 Å². The summed E-state index contributed by atoms with van der Waals surface area (Å²) in [5, 5.41) is 0.